The van der Waals surface area contributed by atoms with Gasteiger partial charge in [-0.25, -0.2) is 0 Å². The largest absolute Gasteiger partial charge is 0.462 e. The lowest BCUT2D eigenvalue weighted by Crippen LogP contribution is -2.43. The Hall–Kier alpha value is -0.530. The van der Waals surface area contributed by atoms with Crippen molar-refractivity contribution >= 4 is 5.97 Å². The minimum absolute atomic E-state index is 0.00272. The van der Waals surface area contributed by atoms with Gasteiger partial charge in [0, 0.05) is 0 Å². The standard InChI is InChI=1S/C19H36O2/c1-9-19(8,18(5,6)7)16(20)21-15-12-10-11-14(13-15)17(2,3)4/h14-15H,9-13H2,1-8H3. The molecule has 21 heavy (non-hydrogen) atoms. The Morgan fingerprint density at radius 3 is 2.05 bits per heavy atom. The number of carbonyl (C=O) groups is 1. The summed E-state index contributed by atoms with van der Waals surface area (Å²) >= 11 is 0. The maximum absolute atomic E-state index is 12.7. The summed E-state index contributed by atoms with van der Waals surface area (Å²) < 4.78 is 5.96. The second-order valence-electron chi connectivity index (χ2n) is 9.19. The van der Waals surface area contributed by atoms with Crippen LogP contribution in [0.2, 0.25) is 0 Å². The summed E-state index contributed by atoms with van der Waals surface area (Å²) in [6.07, 6.45) is 5.44. The van der Waals surface area contributed by atoms with Gasteiger partial charge in [0.1, 0.15) is 6.10 Å². The maximum Gasteiger partial charge on any atom is 0.312 e. The first-order valence-electron chi connectivity index (χ1n) is 8.63. The highest BCUT2D eigenvalue weighted by Gasteiger charge is 2.45. The molecule has 124 valence electrons. The Kier molecular flexibility index (Phi) is 5.56. The third-order valence-corrected chi connectivity index (χ3v) is 5.94. The van der Waals surface area contributed by atoms with Crippen LogP contribution in [0.25, 0.3) is 0 Å². The van der Waals surface area contributed by atoms with Crippen LogP contribution in [0.15, 0.2) is 0 Å². The molecule has 0 saturated heterocycles. The van der Waals surface area contributed by atoms with E-state index >= 15 is 0 Å². The number of hydrogen-bond acceptors (Lipinski definition) is 2. The molecule has 0 heterocycles. The van der Waals surface area contributed by atoms with Crippen LogP contribution in [0, 0.1) is 22.2 Å². The van der Waals surface area contributed by atoms with Crippen molar-refractivity contribution in [3.63, 3.8) is 0 Å². The van der Waals surface area contributed by atoms with Crippen molar-refractivity contribution in [2.24, 2.45) is 22.2 Å². The molecule has 3 unspecified atom stereocenters. The average molecular weight is 296 g/mol. The first-order valence-corrected chi connectivity index (χ1v) is 8.63. The molecule has 0 spiro atoms. The van der Waals surface area contributed by atoms with Crippen LogP contribution in [0.3, 0.4) is 0 Å². The Balaban J connectivity index is 2.74. The summed E-state index contributed by atoms with van der Waals surface area (Å²) in [6.45, 7) is 17.4. The zero-order valence-electron chi connectivity index (χ0n) is 15.5. The molecule has 2 nitrogen and oxygen atoms in total. The van der Waals surface area contributed by atoms with Crippen LogP contribution in [0.5, 0.6) is 0 Å². The fourth-order valence-electron chi connectivity index (χ4n) is 3.30. The van der Waals surface area contributed by atoms with E-state index < -0.39 is 5.41 Å². The van der Waals surface area contributed by atoms with Crippen LogP contribution in [-0.4, -0.2) is 12.1 Å². The van der Waals surface area contributed by atoms with Gasteiger partial charge in [-0.2, -0.15) is 0 Å². The molecule has 0 N–H and O–H groups in total. The van der Waals surface area contributed by atoms with Gasteiger partial charge in [-0.1, -0.05) is 48.5 Å². The molecule has 2 heteroatoms. The van der Waals surface area contributed by atoms with E-state index in [1.807, 2.05) is 0 Å². The van der Waals surface area contributed by atoms with Gasteiger partial charge >= 0.3 is 5.97 Å². The van der Waals surface area contributed by atoms with E-state index in [2.05, 4.69) is 55.4 Å². The van der Waals surface area contributed by atoms with Crippen molar-refractivity contribution in [2.45, 2.75) is 93.6 Å². The average Bonchev–Trinajstić information content (AvgIpc) is 2.35. The van der Waals surface area contributed by atoms with E-state index in [0.717, 1.165) is 19.3 Å². The number of rotatable bonds is 3. The lowest BCUT2D eigenvalue weighted by molar-refractivity contribution is -0.171. The molecule has 0 aliphatic heterocycles. The van der Waals surface area contributed by atoms with Crippen molar-refractivity contribution in [2.75, 3.05) is 0 Å². The summed E-state index contributed by atoms with van der Waals surface area (Å²) in [5.74, 6) is 0.656. The summed E-state index contributed by atoms with van der Waals surface area (Å²) in [7, 11) is 0. The van der Waals surface area contributed by atoms with Crippen molar-refractivity contribution in [1.82, 2.24) is 0 Å². The predicted octanol–water partition coefficient (Wildman–Crippen LogP) is 5.60. The molecule has 1 fully saturated rings. The van der Waals surface area contributed by atoms with Gasteiger partial charge in [0.05, 0.1) is 5.41 Å². The van der Waals surface area contributed by atoms with Crippen molar-refractivity contribution in [1.29, 1.82) is 0 Å². The Morgan fingerprint density at radius 1 is 1.05 bits per heavy atom. The molecule has 1 aliphatic rings. The molecule has 0 radical (unpaired) electrons. The van der Waals surface area contributed by atoms with Gasteiger partial charge in [0.2, 0.25) is 0 Å². The van der Waals surface area contributed by atoms with Gasteiger partial charge in [-0.05, 0) is 55.8 Å². The summed E-state index contributed by atoms with van der Waals surface area (Å²) in [6, 6.07) is 0. The molecular formula is C19H36O2. The van der Waals surface area contributed by atoms with Crippen LogP contribution >= 0.6 is 0 Å². The monoisotopic (exact) mass is 296 g/mol. The highest BCUT2D eigenvalue weighted by molar-refractivity contribution is 5.77. The van der Waals surface area contributed by atoms with Crippen LogP contribution in [0.1, 0.15) is 87.5 Å². The third-order valence-electron chi connectivity index (χ3n) is 5.94. The van der Waals surface area contributed by atoms with Crippen molar-refractivity contribution < 1.29 is 9.53 Å². The molecule has 0 aromatic rings. The van der Waals surface area contributed by atoms with Gasteiger partial charge in [0.15, 0.2) is 0 Å². The molecule has 1 rings (SSSR count). The SMILES string of the molecule is CCC(C)(C(=O)OC1CCCC(C(C)(C)C)C1)C(C)(C)C. The van der Waals surface area contributed by atoms with Crippen LogP contribution in [0.4, 0.5) is 0 Å². The van der Waals surface area contributed by atoms with E-state index in [0.29, 0.717) is 11.3 Å². The lowest BCUT2D eigenvalue weighted by Gasteiger charge is -2.42. The van der Waals surface area contributed by atoms with Crippen LogP contribution < -0.4 is 0 Å². The normalized spacial score (nSPS) is 27.0. The molecule has 3 atom stereocenters. The second kappa shape index (κ2) is 6.30. The third kappa shape index (κ3) is 4.23. The first-order chi connectivity index (χ1) is 9.41. The Morgan fingerprint density at radius 2 is 1.62 bits per heavy atom. The second-order valence-corrected chi connectivity index (χ2v) is 9.19. The zero-order valence-corrected chi connectivity index (χ0v) is 15.5. The quantitative estimate of drug-likeness (QED) is 0.634. The highest BCUT2D eigenvalue weighted by atomic mass is 16.5. The van der Waals surface area contributed by atoms with E-state index in [1.165, 1.54) is 12.8 Å². The van der Waals surface area contributed by atoms with Gasteiger partial charge < -0.3 is 4.74 Å². The van der Waals surface area contributed by atoms with Gasteiger partial charge in [-0.3, -0.25) is 4.79 Å². The minimum Gasteiger partial charge on any atom is -0.462 e. The molecule has 1 aliphatic carbocycles. The number of esters is 1. The van der Waals surface area contributed by atoms with Crippen LogP contribution in [-0.2, 0) is 9.53 Å². The summed E-state index contributed by atoms with van der Waals surface area (Å²) in [5.41, 5.74) is -0.165. The summed E-state index contributed by atoms with van der Waals surface area (Å²) in [4.78, 5) is 12.7. The first kappa shape index (κ1) is 18.5. The van der Waals surface area contributed by atoms with Crippen molar-refractivity contribution in [3.05, 3.63) is 0 Å². The summed E-state index contributed by atoms with van der Waals surface area (Å²) in [5, 5.41) is 0. The highest BCUT2D eigenvalue weighted by Crippen LogP contribution is 2.44. The molecular weight excluding hydrogens is 260 g/mol. The number of ether oxygens (including phenoxy) is 1. The zero-order chi connectivity index (χ0) is 16.5. The molecule has 0 amide bonds. The van der Waals surface area contributed by atoms with E-state index in [1.54, 1.807) is 0 Å². The molecule has 1 saturated carbocycles. The minimum atomic E-state index is -0.401. The number of hydrogen-bond donors (Lipinski definition) is 0. The van der Waals surface area contributed by atoms with E-state index in [4.69, 9.17) is 4.74 Å². The Bertz CT molecular complexity index is 359. The smallest absolute Gasteiger partial charge is 0.312 e. The van der Waals surface area contributed by atoms with Crippen molar-refractivity contribution in [3.8, 4) is 0 Å². The van der Waals surface area contributed by atoms with Gasteiger partial charge in [-0.15, -0.1) is 0 Å². The lowest BCUT2D eigenvalue weighted by atomic mass is 9.66. The van der Waals surface area contributed by atoms with E-state index in [9.17, 15) is 4.79 Å². The predicted molar refractivity (Wildman–Crippen MR) is 89.1 cm³/mol. The molecule has 0 aromatic carbocycles. The number of carbonyl (C=O) groups excluding carboxylic acids is 1. The topological polar surface area (TPSA) is 26.3 Å². The van der Waals surface area contributed by atoms with E-state index in [-0.39, 0.29) is 17.5 Å². The molecule has 0 bridgehead atoms. The fraction of sp³-hybridized carbons (Fsp3) is 0.947. The fourth-order valence-corrected chi connectivity index (χ4v) is 3.30. The Labute approximate surface area is 132 Å². The maximum atomic E-state index is 12.7. The molecule has 0 aromatic heterocycles. The van der Waals surface area contributed by atoms with Gasteiger partial charge in [0.25, 0.3) is 0 Å².